The molecule has 0 spiro atoms. The zero-order valence-corrected chi connectivity index (χ0v) is 16.4. The van der Waals surface area contributed by atoms with Crippen LogP contribution in [0.1, 0.15) is 24.3 Å². The third-order valence-corrected chi connectivity index (χ3v) is 5.03. The molecule has 3 rings (SSSR count). The van der Waals surface area contributed by atoms with Gasteiger partial charge >= 0.3 is 0 Å². The van der Waals surface area contributed by atoms with Crippen LogP contribution < -0.4 is 0 Å². The number of hydrogen-bond donors (Lipinski definition) is 0. The number of rotatable bonds is 8. The average molecular weight is 382 g/mol. The molecule has 3 aromatic rings. The Bertz CT molecular complexity index is 863. The Morgan fingerprint density at radius 2 is 1.85 bits per heavy atom. The molecule has 0 N–H and O–H groups in total. The van der Waals surface area contributed by atoms with Crippen LogP contribution in [-0.4, -0.2) is 34.3 Å². The summed E-state index contributed by atoms with van der Waals surface area (Å²) in [5, 5.41) is 4.01. The van der Waals surface area contributed by atoms with E-state index < -0.39 is 0 Å². The molecular formula is C21H23N3O2S. The van der Waals surface area contributed by atoms with Gasteiger partial charge in [0, 0.05) is 36.9 Å². The van der Waals surface area contributed by atoms with Crippen molar-refractivity contribution in [2.24, 2.45) is 0 Å². The normalized spacial score (nSPS) is 10.7. The van der Waals surface area contributed by atoms with Crippen LogP contribution >= 0.6 is 11.8 Å². The number of aryl methyl sites for hydroxylation is 1. The van der Waals surface area contributed by atoms with Gasteiger partial charge in [-0.1, -0.05) is 47.6 Å². The lowest BCUT2D eigenvalue weighted by Gasteiger charge is -2.17. The van der Waals surface area contributed by atoms with E-state index in [0.717, 1.165) is 11.1 Å². The van der Waals surface area contributed by atoms with E-state index in [1.165, 1.54) is 4.90 Å². The summed E-state index contributed by atoms with van der Waals surface area (Å²) in [6, 6.07) is 18.0. The van der Waals surface area contributed by atoms with Crippen LogP contribution in [0.3, 0.4) is 0 Å². The highest BCUT2D eigenvalue weighted by Crippen LogP contribution is 2.17. The highest BCUT2D eigenvalue weighted by molar-refractivity contribution is 7.98. The highest BCUT2D eigenvalue weighted by Gasteiger charge is 2.12. The maximum Gasteiger partial charge on any atom is 0.226 e. The lowest BCUT2D eigenvalue weighted by Crippen LogP contribution is -2.25. The first-order chi connectivity index (χ1) is 13.2. The first kappa shape index (κ1) is 19.2. The molecule has 0 bridgehead atoms. The summed E-state index contributed by atoms with van der Waals surface area (Å²) < 4.78 is 5.29. The average Bonchev–Trinajstić information content (AvgIpc) is 3.18. The van der Waals surface area contributed by atoms with Gasteiger partial charge in [0.25, 0.3) is 0 Å². The molecule has 0 radical (unpaired) electrons. The lowest BCUT2D eigenvalue weighted by atomic mass is 10.2. The largest absolute Gasteiger partial charge is 0.341 e. The molecule has 0 aliphatic carbocycles. The smallest absolute Gasteiger partial charge is 0.226 e. The van der Waals surface area contributed by atoms with Crippen LogP contribution in [0.15, 0.2) is 64.0 Å². The second-order valence-electron chi connectivity index (χ2n) is 6.33. The zero-order valence-electron chi connectivity index (χ0n) is 15.6. The van der Waals surface area contributed by atoms with E-state index in [-0.39, 0.29) is 5.91 Å². The van der Waals surface area contributed by atoms with Crippen molar-refractivity contribution < 1.29 is 9.32 Å². The van der Waals surface area contributed by atoms with Crippen molar-refractivity contribution in [1.82, 2.24) is 15.0 Å². The maximum absolute atomic E-state index is 12.3. The third-order valence-electron chi connectivity index (χ3n) is 4.29. The van der Waals surface area contributed by atoms with Crippen LogP contribution in [0.4, 0.5) is 0 Å². The molecule has 0 aliphatic heterocycles. The summed E-state index contributed by atoms with van der Waals surface area (Å²) in [4.78, 5) is 19.7. The molecule has 2 aromatic carbocycles. The van der Waals surface area contributed by atoms with E-state index in [1.807, 2.05) is 37.4 Å². The van der Waals surface area contributed by atoms with Crippen molar-refractivity contribution >= 4 is 17.7 Å². The number of benzene rings is 2. The van der Waals surface area contributed by atoms with E-state index in [4.69, 9.17) is 4.52 Å². The van der Waals surface area contributed by atoms with Crippen molar-refractivity contribution in [3.63, 3.8) is 0 Å². The van der Waals surface area contributed by atoms with E-state index in [1.54, 1.807) is 16.7 Å². The minimum absolute atomic E-state index is 0.117. The van der Waals surface area contributed by atoms with Crippen molar-refractivity contribution in [2.75, 3.05) is 13.3 Å². The molecule has 0 unspecified atom stereocenters. The van der Waals surface area contributed by atoms with Crippen molar-refractivity contribution in [3.05, 3.63) is 66.1 Å². The highest BCUT2D eigenvalue weighted by atomic mass is 32.2. The van der Waals surface area contributed by atoms with Gasteiger partial charge in [-0.15, -0.1) is 11.8 Å². The van der Waals surface area contributed by atoms with Crippen LogP contribution in [0.2, 0.25) is 0 Å². The molecule has 6 heteroatoms. The topological polar surface area (TPSA) is 59.2 Å². The van der Waals surface area contributed by atoms with E-state index in [2.05, 4.69) is 40.7 Å². The van der Waals surface area contributed by atoms with Gasteiger partial charge < -0.3 is 9.42 Å². The fraction of sp³-hybridized carbons (Fsp3) is 0.286. The Kier molecular flexibility index (Phi) is 6.65. The van der Waals surface area contributed by atoms with Gasteiger partial charge in [-0.3, -0.25) is 4.79 Å². The van der Waals surface area contributed by atoms with Crippen molar-refractivity contribution in [2.45, 2.75) is 30.7 Å². The summed E-state index contributed by atoms with van der Waals surface area (Å²) >= 11 is 1.71. The van der Waals surface area contributed by atoms with Gasteiger partial charge in [-0.2, -0.15) is 4.98 Å². The number of hydrogen-bond acceptors (Lipinski definition) is 5. The van der Waals surface area contributed by atoms with Crippen LogP contribution in [-0.2, 0) is 17.8 Å². The SMILES string of the molecule is CSc1ccc(CN(C)C(=O)CCCc2nc(-c3ccccc3)no2)cc1. The Morgan fingerprint density at radius 3 is 2.56 bits per heavy atom. The quantitative estimate of drug-likeness (QED) is 0.540. The second kappa shape index (κ2) is 9.37. The van der Waals surface area contributed by atoms with Crippen LogP contribution in [0.5, 0.6) is 0 Å². The number of thioether (sulfide) groups is 1. The number of aromatic nitrogens is 2. The number of nitrogens with zero attached hydrogens (tertiary/aromatic N) is 3. The molecule has 0 saturated heterocycles. The third kappa shape index (κ3) is 5.44. The Labute approximate surface area is 163 Å². The van der Waals surface area contributed by atoms with Gasteiger partial charge in [-0.05, 0) is 30.4 Å². The summed E-state index contributed by atoms with van der Waals surface area (Å²) in [6.45, 7) is 0.617. The molecule has 0 fully saturated rings. The minimum Gasteiger partial charge on any atom is -0.341 e. The number of carbonyl (C=O) groups excluding carboxylic acids is 1. The minimum atomic E-state index is 0.117. The Hall–Kier alpha value is -2.60. The van der Waals surface area contributed by atoms with Crippen LogP contribution in [0, 0.1) is 0 Å². The Balaban J connectivity index is 1.45. The van der Waals surface area contributed by atoms with Crippen molar-refractivity contribution in [3.8, 4) is 11.4 Å². The van der Waals surface area contributed by atoms with Crippen LogP contribution in [0.25, 0.3) is 11.4 Å². The lowest BCUT2D eigenvalue weighted by molar-refractivity contribution is -0.130. The molecule has 0 aliphatic rings. The second-order valence-corrected chi connectivity index (χ2v) is 7.21. The molecule has 1 aromatic heterocycles. The molecule has 1 heterocycles. The van der Waals surface area contributed by atoms with Gasteiger partial charge in [0.05, 0.1) is 0 Å². The molecular weight excluding hydrogens is 358 g/mol. The predicted molar refractivity (Wildman–Crippen MR) is 107 cm³/mol. The predicted octanol–water partition coefficient (Wildman–Crippen LogP) is 4.44. The van der Waals surface area contributed by atoms with Crippen molar-refractivity contribution in [1.29, 1.82) is 0 Å². The van der Waals surface area contributed by atoms with E-state index in [9.17, 15) is 4.79 Å². The van der Waals surface area contributed by atoms with Gasteiger partial charge in [0.15, 0.2) is 0 Å². The fourth-order valence-corrected chi connectivity index (χ4v) is 3.14. The molecule has 0 saturated carbocycles. The number of amides is 1. The molecule has 0 atom stereocenters. The summed E-state index contributed by atoms with van der Waals surface area (Å²) in [7, 11) is 1.84. The molecule has 1 amide bonds. The Morgan fingerprint density at radius 1 is 1.11 bits per heavy atom. The summed E-state index contributed by atoms with van der Waals surface area (Å²) in [5.74, 6) is 1.27. The molecule has 27 heavy (non-hydrogen) atoms. The van der Waals surface area contributed by atoms with Gasteiger partial charge in [0.1, 0.15) is 0 Å². The number of carbonyl (C=O) groups is 1. The summed E-state index contributed by atoms with van der Waals surface area (Å²) in [6.07, 6.45) is 3.80. The van der Waals surface area contributed by atoms with Gasteiger partial charge in [0.2, 0.25) is 17.6 Å². The van der Waals surface area contributed by atoms with E-state index in [0.29, 0.717) is 37.5 Å². The van der Waals surface area contributed by atoms with E-state index >= 15 is 0 Å². The molecule has 5 nitrogen and oxygen atoms in total. The first-order valence-corrected chi connectivity index (χ1v) is 10.1. The molecule has 140 valence electrons. The maximum atomic E-state index is 12.3. The fourth-order valence-electron chi connectivity index (χ4n) is 2.74. The zero-order chi connectivity index (χ0) is 19.1. The van der Waals surface area contributed by atoms with Gasteiger partial charge in [-0.25, -0.2) is 0 Å². The first-order valence-electron chi connectivity index (χ1n) is 8.90. The summed E-state index contributed by atoms with van der Waals surface area (Å²) in [5.41, 5.74) is 2.06. The standard InChI is InChI=1S/C21H23N3O2S/c1-24(15-16-11-13-18(27-2)14-12-16)20(25)10-6-9-19-22-21(23-26-19)17-7-4-3-5-8-17/h3-5,7-8,11-14H,6,9-10,15H2,1-2H3. The monoisotopic (exact) mass is 381 g/mol.